The van der Waals surface area contributed by atoms with Gasteiger partial charge in [0.05, 0.1) is 33.9 Å². The Bertz CT molecular complexity index is 2380. The van der Waals surface area contributed by atoms with Crippen molar-refractivity contribution < 1.29 is 43.9 Å². The normalized spacial score (nSPS) is 17.6. The fraction of sp³-hybridized carbons (Fsp3) is 0.333. The maximum absolute atomic E-state index is 15.4. The predicted molar refractivity (Wildman–Crippen MR) is 182 cm³/mol. The SMILES string of the molecule is C[C@@H]1c2c(C(F)(F)F)nn(CC(=O)N[C@@H](Cc3cc(F)cc(F)c3)c3nc(Cl)ccc3-c3ccc(Cl)c4c(NS(C)(=O)=O)nn(C)c34)c2C(F)(F)[C@@H]1C. The molecule has 0 unspecified atom stereocenters. The Hall–Kier alpha value is -4.42. The third-order valence-corrected chi connectivity index (χ3v) is 10.2. The molecule has 1 aliphatic rings. The molecule has 2 N–H and O–H groups in total. The average Bonchev–Trinajstić information content (AvgIpc) is 3.62. The van der Waals surface area contributed by atoms with Crippen LogP contribution in [0.4, 0.5) is 36.6 Å². The first-order valence-corrected chi connectivity index (χ1v) is 18.3. The monoisotopic (exact) mass is 805 g/mol. The Kier molecular flexibility index (Phi) is 9.73. The van der Waals surface area contributed by atoms with Gasteiger partial charge in [-0.2, -0.15) is 32.1 Å². The van der Waals surface area contributed by atoms with E-state index >= 15 is 8.78 Å². The molecule has 0 bridgehead atoms. The molecule has 1 aliphatic carbocycles. The summed E-state index contributed by atoms with van der Waals surface area (Å²) in [6.45, 7) is 1.24. The van der Waals surface area contributed by atoms with Crippen molar-refractivity contribution in [3.8, 4) is 11.1 Å². The molecule has 0 fully saturated rings. The van der Waals surface area contributed by atoms with Gasteiger partial charge in [0.15, 0.2) is 11.5 Å². The molecule has 10 nitrogen and oxygen atoms in total. The first kappa shape index (κ1) is 38.3. The number of alkyl halides is 5. The minimum atomic E-state index is -5.10. The second kappa shape index (κ2) is 13.5. The minimum absolute atomic E-state index is 0.00970. The molecule has 3 aromatic heterocycles. The number of carbonyl (C=O) groups excluding carboxylic acids is 1. The van der Waals surface area contributed by atoms with Gasteiger partial charge in [0.25, 0.3) is 5.92 Å². The number of benzene rings is 2. The van der Waals surface area contributed by atoms with Crippen LogP contribution in [0.2, 0.25) is 10.2 Å². The topological polar surface area (TPSA) is 124 Å². The van der Waals surface area contributed by atoms with E-state index in [-0.39, 0.29) is 50.1 Å². The van der Waals surface area contributed by atoms with E-state index in [9.17, 15) is 35.2 Å². The van der Waals surface area contributed by atoms with Gasteiger partial charge < -0.3 is 5.32 Å². The lowest BCUT2D eigenvalue weighted by molar-refractivity contribution is -0.143. The molecule has 20 heteroatoms. The molecule has 2 aromatic carbocycles. The number of hydrogen-bond donors (Lipinski definition) is 2. The van der Waals surface area contributed by atoms with E-state index in [4.69, 9.17) is 23.2 Å². The Morgan fingerprint density at radius 2 is 1.66 bits per heavy atom. The molecular weight excluding hydrogens is 778 g/mol. The highest BCUT2D eigenvalue weighted by atomic mass is 35.5. The summed E-state index contributed by atoms with van der Waals surface area (Å²) in [5.74, 6) is -9.65. The lowest BCUT2D eigenvalue weighted by Crippen LogP contribution is -2.35. The van der Waals surface area contributed by atoms with E-state index in [1.165, 1.54) is 36.9 Å². The van der Waals surface area contributed by atoms with Gasteiger partial charge in [0.2, 0.25) is 15.9 Å². The highest BCUT2D eigenvalue weighted by Crippen LogP contribution is 2.55. The Morgan fingerprint density at radius 3 is 2.28 bits per heavy atom. The van der Waals surface area contributed by atoms with Crippen molar-refractivity contribution in [2.75, 3.05) is 11.0 Å². The van der Waals surface area contributed by atoms with Crippen LogP contribution in [0.25, 0.3) is 22.0 Å². The van der Waals surface area contributed by atoms with Gasteiger partial charge in [-0.1, -0.05) is 43.1 Å². The van der Waals surface area contributed by atoms with E-state index in [0.717, 1.165) is 25.3 Å². The quantitative estimate of drug-likeness (QED) is 0.116. The van der Waals surface area contributed by atoms with Crippen LogP contribution in [0.15, 0.2) is 42.5 Å². The third kappa shape index (κ3) is 7.27. The van der Waals surface area contributed by atoms with Gasteiger partial charge >= 0.3 is 6.18 Å². The number of nitrogens with zero attached hydrogens (tertiary/aromatic N) is 5. The highest BCUT2D eigenvalue weighted by Gasteiger charge is 2.57. The van der Waals surface area contributed by atoms with E-state index in [1.807, 2.05) is 0 Å². The maximum atomic E-state index is 15.4. The van der Waals surface area contributed by atoms with Crippen molar-refractivity contribution in [2.45, 2.75) is 50.9 Å². The number of pyridine rings is 1. The summed E-state index contributed by atoms with van der Waals surface area (Å²) in [5.41, 5.74) is -2.44. The average molecular weight is 807 g/mol. The number of hydrogen-bond acceptors (Lipinski definition) is 6. The van der Waals surface area contributed by atoms with E-state index in [0.29, 0.717) is 16.3 Å². The smallest absolute Gasteiger partial charge is 0.346 e. The van der Waals surface area contributed by atoms with Crippen molar-refractivity contribution in [1.29, 1.82) is 0 Å². The molecule has 5 aromatic rings. The molecule has 282 valence electrons. The number of sulfonamides is 1. The third-order valence-electron chi connectivity index (χ3n) is 9.07. The summed E-state index contributed by atoms with van der Waals surface area (Å²) in [6, 6.07) is 7.11. The molecule has 6 rings (SSSR count). The summed E-state index contributed by atoms with van der Waals surface area (Å²) in [4.78, 5) is 18.1. The van der Waals surface area contributed by atoms with Gasteiger partial charge in [0.1, 0.15) is 29.0 Å². The summed E-state index contributed by atoms with van der Waals surface area (Å²) in [5, 5.41) is 10.4. The molecule has 0 saturated carbocycles. The van der Waals surface area contributed by atoms with E-state index < -0.39 is 81.0 Å². The molecule has 3 atom stereocenters. The van der Waals surface area contributed by atoms with Crippen LogP contribution < -0.4 is 10.0 Å². The lowest BCUT2D eigenvalue weighted by atomic mass is 9.94. The molecule has 0 aliphatic heterocycles. The number of nitrogens with one attached hydrogen (secondary N) is 2. The highest BCUT2D eigenvalue weighted by molar-refractivity contribution is 7.92. The van der Waals surface area contributed by atoms with Crippen LogP contribution in [-0.2, 0) is 46.9 Å². The molecule has 0 radical (unpaired) electrons. The first-order chi connectivity index (χ1) is 24.6. The zero-order valence-electron chi connectivity index (χ0n) is 28.0. The number of amides is 1. The number of aryl methyl sites for hydroxylation is 1. The van der Waals surface area contributed by atoms with Crippen molar-refractivity contribution >= 4 is 55.9 Å². The Balaban J connectivity index is 1.48. The van der Waals surface area contributed by atoms with Crippen LogP contribution in [0.3, 0.4) is 0 Å². The molecule has 3 heterocycles. The minimum Gasteiger partial charge on any atom is -0.346 e. The van der Waals surface area contributed by atoms with Crippen molar-refractivity contribution in [3.05, 3.63) is 92.5 Å². The number of anilines is 1. The van der Waals surface area contributed by atoms with Crippen molar-refractivity contribution in [3.63, 3.8) is 0 Å². The van der Waals surface area contributed by atoms with Gasteiger partial charge in [-0.15, -0.1) is 0 Å². The molecule has 1 amide bonds. The van der Waals surface area contributed by atoms with Crippen LogP contribution in [0.1, 0.15) is 54.0 Å². The number of aromatic nitrogens is 5. The Labute approximate surface area is 307 Å². The second-order valence-electron chi connectivity index (χ2n) is 12.8. The van der Waals surface area contributed by atoms with Crippen molar-refractivity contribution in [1.82, 2.24) is 29.9 Å². The maximum Gasteiger partial charge on any atom is 0.435 e. The molecule has 53 heavy (non-hydrogen) atoms. The van der Waals surface area contributed by atoms with Gasteiger partial charge in [0, 0.05) is 35.7 Å². The van der Waals surface area contributed by atoms with Gasteiger partial charge in [-0.25, -0.2) is 22.2 Å². The molecule has 0 spiro atoms. The zero-order chi connectivity index (χ0) is 38.9. The summed E-state index contributed by atoms with van der Waals surface area (Å²) in [7, 11) is -2.32. The second-order valence-corrected chi connectivity index (χ2v) is 15.3. The summed E-state index contributed by atoms with van der Waals surface area (Å²) in [6.07, 6.45) is -4.56. The van der Waals surface area contributed by atoms with Crippen LogP contribution in [-0.4, -0.2) is 45.1 Å². The number of carbonyl (C=O) groups is 1. The largest absolute Gasteiger partial charge is 0.435 e. The van der Waals surface area contributed by atoms with E-state index in [2.05, 4.69) is 25.2 Å². The summed E-state index contributed by atoms with van der Waals surface area (Å²) >= 11 is 12.8. The molecule has 0 saturated heterocycles. The number of halogens is 9. The fourth-order valence-corrected chi connectivity index (χ4v) is 7.59. The summed E-state index contributed by atoms with van der Waals surface area (Å²) < 4.78 is 130. The first-order valence-electron chi connectivity index (χ1n) is 15.7. The number of fused-ring (bicyclic) bond motifs is 2. The Morgan fingerprint density at radius 1 is 1.02 bits per heavy atom. The standard InChI is InChI=1S/C33H28Cl2F7N7O3S/c1-14-15(2)32(38,39)30-25(14)29(33(40,41)42)45-49(30)13-24(50)43-22(11-16-9-17(36)12-18(37)10-16)27-19(6-8-23(35)44-27)20-5-7-21(34)26-28(20)48(3)46-31(26)47-53(4,51)52/h5-10,12,14-15,22H,11,13H2,1-4H3,(H,43,50)(H,46,47)/t14-,15+,22-/m0/s1. The molecular formula is C33H28Cl2F7N7O3S. The lowest BCUT2D eigenvalue weighted by Gasteiger charge is -2.23. The zero-order valence-corrected chi connectivity index (χ0v) is 30.3. The van der Waals surface area contributed by atoms with Crippen LogP contribution in [0, 0.1) is 17.6 Å². The number of rotatable bonds is 9. The predicted octanol–water partition coefficient (Wildman–Crippen LogP) is 7.75. The van der Waals surface area contributed by atoms with E-state index in [1.54, 1.807) is 6.07 Å². The van der Waals surface area contributed by atoms with Crippen molar-refractivity contribution in [2.24, 2.45) is 13.0 Å². The van der Waals surface area contributed by atoms with Crippen LogP contribution >= 0.6 is 23.2 Å². The van der Waals surface area contributed by atoms with Crippen LogP contribution in [0.5, 0.6) is 0 Å². The van der Waals surface area contributed by atoms with Gasteiger partial charge in [-0.05, 0) is 48.2 Å². The van der Waals surface area contributed by atoms with Gasteiger partial charge in [-0.3, -0.25) is 18.9 Å². The fourth-order valence-electron chi connectivity index (χ4n) is 6.70.